The van der Waals surface area contributed by atoms with Gasteiger partial charge in [-0.05, 0) is 33.4 Å². The van der Waals surface area contributed by atoms with Crippen LogP contribution < -0.4 is 10.6 Å². The molecule has 0 bridgehead atoms. The van der Waals surface area contributed by atoms with Crippen molar-refractivity contribution in [2.45, 2.75) is 19.8 Å². The third-order valence-electron chi connectivity index (χ3n) is 1.96. The summed E-state index contributed by atoms with van der Waals surface area (Å²) in [6, 6.07) is 1.96. The number of hydrogen-bond acceptors (Lipinski definition) is 4. The zero-order valence-corrected chi connectivity index (χ0v) is 8.88. The van der Waals surface area contributed by atoms with Crippen LogP contribution in [0.3, 0.4) is 0 Å². The van der Waals surface area contributed by atoms with E-state index in [1.165, 1.54) is 6.42 Å². The summed E-state index contributed by atoms with van der Waals surface area (Å²) in [6.07, 6.45) is 3.93. The van der Waals surface area contributed by atoms with Crippen LogP contribution in [0, 0.1) is 6.92 Å². The molecule has 1 aromatic heterocycles. The second-order valence-electron chi connectivity index (χ2n) is 3.28. The van der Waals surface area contributed by atoms with Gasteiger partial charge in [0.2, 0.25) is 0 Å². The highest BCUT2D eigenvalue weighted by Gasteiger charge is 1.93. The number of unbranched alkanes of at least 4 members (excludes halogenated alkanes) is 1. The van der Waals surface area contributed by atoms with Crippen molar-refractivity contribution in [3.8, 4) is 0 Å². The Morgan fingerprint density at radius 3 is 2.71 bits per heavy atom. The number of nitrogens with zero attached hydrogens (tertiary/aromatic N) is 2. The largest absolute Gasteiger partial charge is 0.370 e. The van der Waals surface area contributed by atoms with Crippen molar-refractivity contribution in [3.63, 3.8) is 0 Å². The molecule has 2 N–H and O–H groups in total. The Hall–Kier alpha value is -1.16. The number of nitrogens with one attached hydrogen (secondary N) is 2. The van der Waals surface area contributed by atoms with Crippen LogP contribution in [0.25, 0.3) is 0 Å². The monoisotopic (exact) mass is 194 g/mol. The number of aromatic nitrogens is 2. The van der Waals surface area contributed by atoms with Crippen LogP contribution >= 0.6 is 0 Å². The van der Waals surface area contributed by atoms with Crippen LogP contribution in [0.2, 0.25) is 0 Å². The predicted molar refractivity (Wildman–Crippen MR) is 58.4 cm³/mol. The van der Waals surface area contributed by atoms with E-state index < -0.39 is 0 Å². The van der Waals surface area contributed by atoms with E-state index in [4.69, 9.17) is 0 Å². The molecule has 0 saturated heterocycles. The van der Waals surface area contributed by atoms with Gasteiger partial charge in [-0.15, -0.1) is 0 Å². The van der Waals surface area contributed by atoms with E-state index in [2.05, 4.69) is 20.6 Å². The molecule has 0 aliphatic carbocycles. The minimum atomic E-state index is 0.918. The second kappa shape index (κ2) is 6.32. The molecule has 0 aliphatic heterocycles. The minimum Gasteiger partial charge on any atom is -0.370 e. The van der Waals surface area contributed by atoms with Crippen LogP contribution in [0.15, 0.2) is 12.4 Å². The lowest BCUT2D eigenvalue weighted by molar-refractivity contribution is 0.693. The first kappa shape index (κ1) is 10.9. The fourth-order valence-corrected chi connectivity index (χ4v) is 1.19. The van der Waals surface area contributed by atoms with Crippen LogP contribution in [0.1, 0.15) is 18.5 Å². The molecule has 0 atom stereocenters. The maximum absolute atomic E-state index is 4.12. The summed E-state index contributed by atoms with van der Waals surface area (Å²) in [6.45, 7) is 4.01. The van der Waals surface area contributed by atoms with E-state index >= 15 is 0 Å². The third kappa shape index (κ3) is 4.18. The summed E-state index contributed by atoms with van der Waals surface area (Å²) < 4.78 is 0. The van der Waals surface area contributed by atoms with E-state index in [1.807, 2.05) is 20.0 Å². The van der Waals surface area contributed by atoms with E-state index in [9.17, 15) is 0 Å². The lowest BCUT2D eigenvalue weighted by atomic mass is 10.3. The summed E-state index contributed by atoms with van der Waals surface area (Å²) in [5, 5.41) is 6.39. The first-order valence-electron chi connectivity index (χ1n) is 5.00. The van der Waals surface area contributed by atoms with Gasteiger partial charge < -0.3 is 10.6 Å². The van der Waals surface area contributed by atoms with Crippen molar-refractivity contribution < 1.29 is 0 Å². The Morgan fingerprint density at radius 2 is 2.00 bits per heavy atom. The number of hydrogen-bond donors (Lipinski definition) is 2. The van der Waals surface area contributed by atoms with Crippen molar-refractivity contribution in [3.05, 3.63) is 18.1 Å². The van der Waals surface area contributed by atoms with Crippen molar-refractivity contribution >= 4 is 5.82 Å². The molecule has 0 amide bonds. The molecule has 78 valence electrons. The van der Waals surface area contributed by atoms with Crippen LogP contribution in [-0.2, 0) is 0 Å². The summed E-state index contributed by atoms with van der Waals surface area (Å²) in [5.41, 5.74) is 0.998. The highest BCUT2D eigenvalue weighted by atomic mass is 15.0. The van der Waals surface area contributed by atoms with E-state index in [0.717, 1.165) is 31.0 Å². The summed E-state index contributed by atoms with van der Waals surface area (Å²) in [5.74, 6) is 0.918. The lowest BCUT2D eigenvalue weighted by Gasteiger charge is -2.05. The van der Waals surface area contributed by atoms with Gasteiger partial charge in [0.05, 0.1) is 0 Å². The van der Waals surface area contributed by atoms with Gasteiger partial charge >= 0.3 is 0 Å². The van der Waals surface area contributed by atoms with Gasteiger partial charge in [-0.1, -0.05) is 0 Å². The van der Waals surface area contributed by atoms with Gasteiger partial charge in [-0.2, -0.15) is 0 Å². The molecular weight excluding hydrogens is 176 g/mol. The van der Waals surface area contributed by atoms with E-state index in [1.54, 1.807) is 6.33 Å². The van der Waals surface area contributed by atoms with Crippen LogP contribution in [0.5, 0.6) is 0 Å². The fourth-order valence-electron chi connectivity index (χ4n) is 1.19. The van der Waals surface area contributed by atoms with Crippen molar-refractivity contribution in [2.75, 3.05) is 25.5 Å². The Kier molecular flexibility index (Phi) is 4.93. The van der Waals surface area contributed by atoms with E-state index in [0.29, 0.717) is 0 Å². The molecule has 0 radical (unpaired) electrons. The molecule has 0 spiro atoms. The Balaban J connectivity index is 2.18. The molecule has 0 unspecified atom stereocenters. The van der Waals surface area contributed by atoms with Gasteiger partial charge in [0.25, 0.3) is 0 Å². The topological polar surface area (TPSA) is 49.8 Å². The first-order chi connectivity index (χ1) is 6.83. The van der Waals surface area contributed by atoms with Crippen LogP contribution in [0.4, 0.5) is 5.82 Å². The lowest BCUT2D eigenvalue weighted by Crippen LogP contribution is -2.10. The predicted octanol–water partition coefficient (Wildman–Crippen LogP) is 1.20. The molecule has 0 fully saturated rings. The van der Waals surface area contributed by atoms with Crippen molar-refractivity contribution in [2.24, 2.45) is 0 Å². The van der Waals surface area contributed by atoms with Gasteiger partial charge in [0, 0.05) is 18.3 Å². The van der Waals surface area contributed by atoms with Gasteiger partial charge in [-0.3, -0.25) is 0 Å². The van der Waals surface area contributed by atoms with Crippen molar-refractivity contribution in [1.29, 1.82) is 0 Å². The van der Waals surface area contributed by atoms with Gasteiger partial charge in [0.1, 0.15) is 12.1 Å². The summed E-state index contributed by atoms with van der Waals surface area (Å²) in [7, 11) is 1.97. The fraction of sp³-hybridized carbons (Fsp3) is 0.600. The quantitative estimate of drug-likeness (QED) is 0.668. The molecule has 4 nitrogen and oxygen atoms in total. The van der Waals surface area contributed by atoms with Gasteiger partial charge in [0.15, 0.2) is 0 Å². The molecule has 0 aromatic carbocycles. The van der Waals surface area contributed by atoms with Crippen LogP contribution in [-0.4, -0.2) is 30.1 Å². The number of rotatable bonds is 6. The molecular formula is C10H18N4. The number of aryl methyl sites for hydroxylation is 1. The molecule has 4 heteroatoms. The van der Waals surface area contributed by atoms with E-state index in [-0.39, 0.29) is 0 Å². The Labute approximate surface area is 85.2 Å². The van der Waals surface area contributed by atoms with Gasteiger partial charge in [-0.25, -0.2) is 9.97 Å². The van der Waals surface area contributed by atoms with Crippen molar-refractivity contribution in [1.82, 2.24) is 15.3 Å². The average molecular weight is 194 g/mol. The molecule has 1 aromatic rings. The molecule has 0 aliphatic rings. The maximum atomic E-state index is 4.12. The zero-order valence-electron chi connectivity index (χ0n) is 8.88. The molecule has 14 heavy (non-hydrogen) atoms. The second-order valence-corrected chi connectivity index (χ2v) is 3.28. The summed E-state index contributed by atoms with van der Waals surface area (Å²) >= 11 is 0. The molecule has 0 saturated carbocycles. The zero-order chi connectivity index (χ0) is 10.2. The summed E-state index contributed by atoms with van der Waals surface area (Å²) in [4.78, 5) is 8.16. The smallest absolute Gasteiger partial charge is 0.129 e. The highest BCUT2D eigenvalue weighted by Crippen LogP contribution is 2.02. The maximum Gasteiger partial charge on any atom is 0.129 e. The molecule has 1 rings (SSSR count). The SMILES string of the molecule is CNCCCCNc1cc(C)ncn1. The Bertz CT molecular complexity index is 262. The highest BCUT2D eigenvalue weighted by molar-refractivity contribution is 5.33. The third-order valence-corrected chi connectivity index (χ3v) is 1.96. The molecule has 1 heterocycles. The Morgan fingerprint density at radius 1 is 1.21 bits per heavy atom. The average Bonchev–Trinajstić information content (AvgIpc) is 2.18. The first-order valence-corrected chi connectivity index (χ1v) is 5.00. The number of anilines is 1. The normalized spacial score (nSPS) is 10.1. The standard InChI is InChI=1S/C10H18N4/c1-9-7-10(14-8-13-9)12-6-4-3-5-11-2/h7-8,11H,3-6H2,1-2H3,(H,12,13,14). The minimum absolute atomic E-state index is 0.918.